The molecule has 0 spiro atoms. The SMILES string of the molecule is COc1ccc(OC)c(-c2nc(COc3ccc(-c4nc(SC)[nH]c(=O)c4C#N)cc3)c(C)o2)c1. The van der Waals surface area contributed by atoms with E-state index in [2.05, 4.69) is 15.0 Å². The summed E-state index contributed by atoms with van der Waals surface area (Å²) in [6.07, 6.45) is 1.80. The van der Waals surface area contributed by atoms with Crippen molar-refractivity contribution < 1.29 is 18.6 Å². The summed E-state index contributed by atoms with van der Waals surface area (Å²) in [5.41, 5.74) is 1.79. The first-order valence-electron chi connectivity index (χ1n) is 10.5. The van der Waals surface area contributed by atoms with E-state index in [-0.39, 0.29) is 12.2 Å². The molecule has 0 aliphatic carbocycles. The van der Waals surface area contributed by atoms with E-state index in [1.165, 1.54) is 11.8 Å². The maximum atomic E-state index is 12.2. The van der Waals surface area contributed by atoms with Gasteiger partial charge in [0.05, 0.1) is 25.5 Å². The molecule has 0 unspecified atom stereocenters. The second kappa shape index (κ2) is 10.4. The second-order valence-electron chi connectivity index (χ2n) is 7.31. The number of thioether (sulfide) groups is 1. The van der Waals surface area contributed by atoms with Crippen LogP contribution >= 0.6 is 11.8 Å². The predicted molar refractivity (Wildman–Crippen MR) is 131 cm³/mol. The Hall–Kier alpha value is -4.23. The monoisotopic (exact) mass is 490 g/mol. The number of nitriles is 1. The van der Waals surface area contributed by atoms with Crippen LogP contribution in [0.5, 0.6) is 17.2 Å². The van der Waals surface area contributed by atoms with Crippen LogP contribution in [-0.2, 0) is 6.61 Å². The van der Waals surface area contributed by atoms with Gasteiger partial charge in [-0.1, -0.05) is 11.8 Å². The zero-order valence-electron chi connectivity index (χ0n) is 19.5. The Morgan fingerprint density at radius 1 is 1.09 bits per heavy atom. The highest BCUT2D eigenvalue weighted by Gasteiger charge is 2.17. The number of ether oxygens (including phenoxy) is 3. The summed E-state index contributed by atoms with van der Waals surface area (Å²) in [5, 5.41) is 9.83. The summed E-state index contributed by atoms with van der Waals surface area (Å²) in [5.74, 6) is 2.89. The van der Waals surface area contributed by atoms with Crippen LogP contribution in [0.3, 0.4) is 0 Å². The molecule has 2 aromatic heterocycles. The highest BCUT2D eigenvalue weighted by Crippen LogP contribution is 2.34. The summed E-state index contributed by atoms with van der Waals surface area (Å²) >= 11 is 1.29. The molecule has 4 aromatic rings. The van der Waals surface area contributed by atoms with Gasteiger partial charge in [-0.3, -0.25) is 4.79 Å². The Bertz CT molecular complexity index is 1450. The average molecular weight is 491 g/mol. The molecule has 2 aromatic carbocycles. The van der Waals surface area contributed by atoms with Gasteiger partial charge in [-0.2, -0.15) is 5.26 Å². The Morgan fingerprint density at radius 3 is 2.49 bits per heavy atom. The molecular weight excluding hydrogens is 468 g/mol. The third-order valence-corrected chi connectivity index (χ3v) is 5.82. The minimum absolute atomic E-state index is 0.0322. The van der Waals surface area contributed by atoms with Crippen LogP contribution in [0.2, 0.25) is 0 Å². The molecule has 9 nitrogen and oxygen atoms in total. The first-order chi connectivity index (χ1) is 17.0. The van der Waals surface area contributed by atoms with Crippen LogP contribution in [0, 0.1) is 18.3 Å². The Morgan fingerprint density at radius 2 is 1.83 bits per heavy atom. The number of nitrogens with one attached hydrogen (secondary N) is 1. The lowest BCUT2D eigenvalue weighted by Gasteiger charge is -2.08. The Labute approximate surface area is 205 Å². The van der Waals surface area contributed by atoms with Gasteiger partial charge in [-0.05, 0) is 55.6 Å². The van der Waals surface area contributed by atoms with Gasteiger partial charge in [0.1, 0.15) is 46.9 Å². The maximum Gasteiger partial charge on any atom is 0.270 e. The van der Waals surface area contributed by atoms with Crippen LogP contribution in [0.1, 0.15) is 17.0 Å². The molecule has 0 radical (unpaired) electrons. The Balaban J connectivity index is 1.54. The summed E-state index contributed by atoms with van der Waals surface area (Å²) in [6, 6.07) is 14.3. The third-order valence-electron chi connectivity index (χ3n) is 5.24. The number of aryl methyl sites for hydroxylation is 1. The van der Waals surface area contributed by atoms with Crippen molar-refractivity contribution >= 4 is 11.8 Å². The van der Waals surface area contributed by atoms with Crippen molar-refractivity contribution in [2.45, 2.75) is 18.7 Å². The van der Waals surface area contributed by atoms with E-state index in [9.17, 15) is 10.1 Å². The standard InChI is InChI=1S/C25H22N4O5S/c1-14-20(27-24(34-14)18-11-17(31-2)9-10-21(18)32-3)13-33-16-7-5-15(6-8-16)22-19(12-26)23(30)29-25(28-22)35-4/h5-11H,13H2,1-4H3,(H,28,29,30). The topological polar surface area (TPSA) is 123 Å². The fourth-order valence-electron chi connectivity index (χ4n) is 3.38. The summed E-state index contributed by atoms with van der Waals surface area (Å²) in [6.45, 7) is 2.00. The van der Waals surface area contributed by atoms with E-state index in [0.717, 1.165) is 0 Å². The van der Waals surface area contributed by atoms with E-state index in [1.54, 1.807) is 62.9 Å². The molecular formula is C25H22N4O5S. The quantitative estimate of drug-likeness (QED) is 0.279. The smallest absolute Gasteiger partial charge is 0.270 e. The lowest BCUT2D eigenvalue weighted by atomic mass is 10.1. The molecule has 10 heteroatoms. The predicted octanol–water partition coefficient (Wildman–Crippen LogP) is 4.59. The van der Waals surface area contributed by atoms with Crippen LogP contribution in [0.25, 0.3) is 22.7 Å². The van der Waals surface area contributed by atoms with E-state index >= 15 is 0 Å². The van der Waals surface area contributed by atoms with E-state index in [1.807, 2.05) is 13.0 Å². The molecule has 2 heterocycles. The van der Waals surface area contributed by atoms with Gasteiger partial charge < -0.3 is 23.6 Å². The van der Waals surface area contributed by atoms with E-state index in [0.29, 0.717) is 56.6 Å². The number of methoxy groups -OCH3 is 2. The highest BCUT2D eigenvalue weighted by molar-refractivity contribution is 7.98. The number of H-pyrrole nitrogens is 1. The van der Waals surface area contributed by atoms with Crippen molar-refractivity contribution in [3.63, 3.8) is 0 Å². The fraction of sp³-hybridized carbons (Fsp3) is 0.200. The van der Waals surface area contributed by atoms with Crippen molar-refractivity contribution in [2.75, 3.05) is 20.5 Å². The molecule has 0 saturated heterocycles. The lowest BCUT2D eigenvalue weighted by molar-refractivity contribution is 0.299. The number of aromatic amines is 1. The van der Waals surface area contributed by atoms with Crippen molar-refractivity contribution in [1.82, 2.24) is 15.0 Å². The van der Waals surface area contributed by atoms with Gasteiger partial charge in [-0.15, -0.1) is 0 Å². The zero-order chi connectivity index (χ0) is 24.9. The summed E-state index contributed by atoms with van der Waals surface area (Å²) in [4.78, 5) is 23.7. The van der Waals surface area contributed by atoms with Crippen molar-refractivity contribution in [1.29, 1.82) is 5.26 Å². The van der Waals surface area contributed by atoms with Gasteiger partial charge in [0.2, 0.25) is 5.89 Å². The van der Waals surface area contributed by atoms with Crippen molar-refractivity contribution in [2.24, 2.45) is 0 Å². The number of benzene rings is 2. The number of oxazole rings is 1. The first-order valence-corrected chi connectivity index (χ1v) is 11.7. The van der Waals surface area contributed by atoms with Gasteiger partial charge in [0.15, 0.2) is 5.16 Å². The molecule has 4 rings (SSSR count). The van der Waals surface area contributed by atoms with Crippen LogP contribution in [0.4, 0.5) is 0 Å². The number of hydrogen-bond donors (Lipinski definition) is 1. The number of aromatic nitrogens is 3. The van der Waals surface area contributed by atoms with Crippen LogP contribution < -0.4 is 19.8 Å². The highest BCUT2D eigenvalue weighted by atomic mass is 32.2. The van der Waals surface area contributed by atoms with Gasteiger partial charge in [0, 0.05) is 5.56 Å². The summed E-state index contributed by atoms with van der Waals surface area (Å²) < 4.78 is 22.5. The van der Waals surface area contributed by atoms with Crippen LogP contribution in [0.15, 0.2) is 56.8 Å². The molecule has 0 amide bonds. The average Bonchev–Trinajstić information content (AvgIpc) is 3.26. The third kappa shape index (κ3) is 5.00. The normalized spacial score (nSPS) is 10.6. The van der Waals surface area contributed by atoms with Gasteiger partial charge in [-0.25, -0.2) is 9.97 Å². The molecule has 0 atom stereocenters. The van der Waals surface area contributed by atoms with E-state index in [4.69, 9.17) is 18.6 Å². The molecule has 178 valence electrons. The molecule has 0 bridgehead atoms. The van der Waals surface area contributed by atoms with Gasteiger partial charge in [0.25, 0.3) is 5.56 Å². The molecule has 0 aliphatic rings. The number of nitrogens with zero attached hydrogens (tertiary/aromatic N) is 3. The molecule has 1 N–H and O–H groups in total. The van der Waals surface area contributed by atoms with E-state index < -0.39 is 5.56 Å². The molecule has 0 aliphatic heterocycles. The number of hydrogen-bond acceptors (Lipinski definition) is 9. The molecule has 35 heavy (non-hydrogen) atoms. The molecule has 0 saturated carbocycles. The first kappa shape index (κ1) is 23.9. The lowest BCUT2D eigenvalue weighted by Crippen LogP contribution is -2.14. The molecule has 0 fully saturated rings. The van der Waals surface area contributed by atoms with Crippen LogP contribution in [-0.4, -0.2) is 35.4 Å². The largest absolute Gasteiger partial charge is 0.497 e. The minimum Gasteiger partial charge on any atom is -0.497 e. The van der Waals surface area contributed by atoms with Crippen molar-refractivity contribution in [3.05, 3.63) is 69.8 Å². The fourth-order valence-corrected chi connectivity index (χ4v) is 3.76. The van der Waals surface area contributed by atoms with Gasteiger partial charge >= 0.3 is 0 Å². The maximum absolute atomic E-state index is 12.2. The number of rotatable bonds is 8. The summed E-state index contributed by atoms with van der Waals surface area (Å²) in [7, 11) is 3.17. The minimum atomic E-state index is -0.466. The zero-order valence-corrected chi connectivity index (χ0v) is 20.4. The Kier molecular flexibility index (Phi) is 7.08. The van der Waals surface area contributed by atoms with Crippen molar-refractivity contribution in [3.8, 4) is 46.0 Å². The second-order valence-corrected chi connectivity index (χ2v) is 8.11.